The van der Waals surface area contributed by atoms with Crippen molar-refractivity contribution in [1.29, 1.82) is 0 Å². The van der Waals surface area contributed by atoms with Crippen molar-refractivity contribution in [1.82, 2.24) is 14.8 Å². The van der Waals surface area contributed by atoms with Gasteiger partial charge < -0.3 is 9.80 Å². The number of halogens is 1. The molecule has 0 atom stereocenters. The molecule has 1 fully saturated rings. The zero-order valence-corrected chi connectivity index (χ0v) is 15.5. The number of urea groups is 1. The fraction of sp³-hybridized carbons (Fsp3) is 0.350. The summed E-state index contributed by atoms with van der Waals surface area (Å²) in [6, 6.07) is 9.63. The van der Waals surface area contributed by atoms with Gasteiger partial charge in [-0.05, 0) is 42.7 Å². The van der Waals surface area contributed by atoms with E-state index >= 15 is 0 Å². The monoisotopic (exact) mass is 370 g/mol. The van der Waals surface area contributed by atoms with Crippen molar-refractivity contribution in [3.63, 3.8) is 0 Å². The molecule has 0 saturated carbocycles. The molecule has 1 aromatic carbocycles. The van der Waals surface area contributed by atoms with Crippen LogP contribution in [0.3, 0.4) is 0 Å². The van der Waals surface area contributed by atoms with Crippen molar-refractivity contribution in [2.45, 2.75) is 25.8 Å². The third-order valence-corrected chi connectivity index (χ3v) is 4.93. The molecule has 6 nitrogen and oxygen atoms in total. The molecule has 1 saturated heterocycles. The van der Waals surface area contributed by atoms with E-state index in [2.05, 4.69) is 10.3 Å². The number of nitrogens with zero attached hydrogens (tertiary/aromatic N) is 3. The number of aromatic nitrogens is 1. The minimum atomic E-state index is -0.303. The molecule has 0 bridgehead atoms. The van der Waals surface area contributed by atoms with Gasteiger partial charge in [0.2, 0.25) is 5.91 Å². The summed E-state index contributed by atoms with van der Waals surface area (Å²) in [7, 11) is 1.75. The Labute approximate surface area is 158 Å². The molecule has 2 aromatic rings. The van der Waals surface area contributed by atoms with Crippen molar-refractivity contribution in [3.8, 4) is 11.1 Å². The van der Waals surface area contributed by atoms with Gasteiger partial charge >= 0.3 is 6.03 Å². The van der Waals surface area contributed by atoms with Gasteiger partial charge in [0.05, 0.1) is 0 Å². The molecule has 3 amide bonds. The smallest absolute Gasteiger partial charge is 0.323 e. The first-order chi connectivity index (χ1) is 12.9. The second-order valence-electron chi connectivity index (χ2n) is 6.72. The van der Waals surface area contributed by atoms with Gasteiger partial charge in [-0.2, -0.15) is 0 Å². The molecule has 1 aromatic heterocycles. The third kappa shape index (κ3) is 4.61. The molecule has 0 spiro atoms. The Hall–Kier alpha value is -2.96. The van der Waals surface area contributed by atoms with Crippen LogP contribution in [0.1, 0.15) is 19.8 Å². The Morgan fingerprint density at radius 1 is 1.19 bits per heavy atom. The van der Waals surface area contributed by atoms with Crippen LogP contribution in [0.15, 0.2) is 42.6 Å². The number of hydrogen-bond acceptors (Lipinski definition) is 3. The number of nitrogens with one attached hydrogen (secondary N) is 1. The molecule has 2 heterocycles. The van der Waals surface area contributed by atoms with E-state index < -0.39 is 0 Å². The summed E-state index contributed by atoms with van der Waals surface area (Å²) in [6.45, 7) is 2.90. The normalized spacial score (nSPS) is 14.7. The molecular formula is C20H23FN4O2. The molecular weight excluding hydrogens is 347 g/mol. The van der Waals surface area contributed by atoms with Crippen molar-refractivity contribution in [3.05, 3.63) is 48.4 Å². The van der Waals surface area contributed by atoms with Gasteiger partial charge in [-0.15, -0.1) is 0 Å². The summed E-state index contributed by atoms with van der Waals surface area (Å²) in [5, 5.41) is 2.78. The van der Waals surface area contributed by atoms with Gasteiger partial charge in [0, 0.05) is 44.9 Å². The molecule has 142 valence electrons. The lowest BCUT2D eigenvalue weighted by atomic mass is 10.0. The minimum Gasteiger partial charge on any atom is -0.343 e. The zero-order valence-electron chi connectivity index (χ0n) is 15.5. The zero-order chi connectivity index (χ0) is 19.4. The Balaban J connectivity index is 1.58. The number of rotatable bonds is 3. The molecule has 0 radical (unpaired) electrons. The van der Waals surface area contributed by atoms with E-state index in [1.165, 1.54) is 12.1 Å². The molecule has 1 aliphatic heterocycles. The maximum absolute atomic E-state index is 13.3. The quantitative estimate of drug-likeness (QED) is 0.901. The number of likely N-dealkylation sites (tertiary alicyclic amines) is 1. The number of hydrogen-bond donors (Lipinski definition) is 1. The van der Waals surface area contributed by atoms with Crippen molar-refractivity contribution >= 4 is 17.8 Å². The second-order valence-corrected chi connectivity index (χ2v) is 6.72. The number of amides is 3. The van der Waals surface area contributed by atoms with E-state index in [0.717, 1.165) is 24.0 Å². The Bertz CT molecular complexity index is 817. The van der Waals surface area contributed by atoms with Crippen LogP contribution in [0.4, 0.5) is 15.0 Å². The van der Waals surface area contributed by atoms with E-state index in [-0.39, 0.29) is 23.8 Å². The average molecular weight is 370 g/mol. The lowest BCUT2D eigenvalue weighted by Crippen LogP contribution is -2.48. The highest BCUT2D eigenvalue weighted by atomic mass is 19.1. The predicted octanol–water partition coefficient (Wildman–Crippen LogP) is 3.36. The lowest BCUT2D eigenvalue weighted by Gasteiger charge is -2.36. The van der Waals surface area contributed by atoms with Crippen LogP contribution in [0.2, 0.25) is 0 Å². The van der Waals surface area contributed by atoms with Crippen molar-refractivity contribution in [2.24, 2.45) is 0 Å². The van der Waals surface area contributed by atoms with Crippen LogP contribution in [-0.4, -0.2) is 52.9 Å². The van der Waals surface area contributed by atoms with Gasteiger partial charge in [-0.3, -0.25) is 10.1 Å². The summed E-state index contributed by atoms with van der Waals surface area (Å²) in [4.78, 5) is 31.6. The number of piperidine rings is 1. The molecule has 7 heteroatoms. The molecule has 0 aliphatic carbocycles. The van der Waals surface area contributed by atoms with E-state index in [1.807, 2.05) is 0 Å². The van der Waals surface area contributed by atoms with Gasteiger partial charge in [0.1, 0.15) is 11.6 Å². The Morgan fingerprint density at radius 2 is 1.93 bits per heavy atom. The van der Waals surface area contributed by atoms with Crippen LogP contribution >= 0.6 is 0 Å². The number of carbonyl (C=O) groups excluding carboxylic acids is 2. The standard InChI is InChI=1S/C20H23FN4O2/c1-14(26)25-10-8-18(9-11-25)24(2)20(27)23-19-7-6-16(13-22-19)15-4-3-5-17(21)12-15/h3-7,12-13,18H,8-11H2,1-2H3,(H,22,23,27). The Morgan fingerprint density at radius 3 is 2.52 bits per heavy atom. The minimum absolute atomic E-state index is 0.0724. The molecule has 3 rings (SSSR count). The maximum atomic E-state index is 13.3. The first kappa shape index (κ1) is 18.8. The fourth-order valence-corrected chi connectivity index (χ4v) is 3.24. The predicted molar refractivity (Wildman–Crippen MR) is 102 cm³/mol. The summed E-state index contributed by atoms with van der Waals surface area (Å²) >= 11 is 0. The number of pyridine rings is 1. The van der Waals surface area contributed by atoms with E-state index in [9.17, 15) is 14.0 Å². The van der Waals surface area contributed by atoms with Gasteiger partial charge in [-0.1, -0.05) is 12.1 Å². The highest BCUT2D eigenvalue weighted by Gasteiger charge is 2.26. The van der Waals surface area contributed by atoms with Crippen molar-refractivity contribution in [2.75, 3.05) is 25.5 Å². The summed E-state index contributed by atoms with van der Waals surface area (Å²) in [5.74, 6) is 0.207. The molecule has 0 unspecified atom stereocenters. The van der Waals surface area contributed by atoms with Crippen molar-refractivity contribution < 1.29 is 14.0 Å². The first-order valence-electron chi connectivity index (χ1n) is 8.95. The maximum Gasteiger partial charge on any atom is 0.323 e. The second kappa shape index (κ2) is 8.16. The molecule has 1 aliphatic rings. The SMILES string of the molecule is CC(=O)N1CCC(N(C)C(=O)Nc2ccc(-c3cccc(F)c3)cn2)CC1. The van der Waals surface area contributed by atoms with E-state index in [0.29, 0.717) is 18.9 Å². The molecule has 27 heavy (non-hydrogen) atoms. The summed E-state index contributed by atoms with van der Waals surface area (Å²) < 4.78 is 13.3. The van der Waals surface area contributed by atoms with E-state index in [1.54, 1.807) is 54.2 Å². The number of carbonyl (C=O) groups is 2. The summed E-state index contributed by atoms with van der Waals surface area (Å²) in [6.07, 6.45) is 3.13. The van der Waals surface area contributed by atoms with Gasteiger partial charge in [0.15, 0.2) is 0 Å². The van der Waals surface area contributed by atoms with Gasteiger partial charge in [-0.25, -0.2) is 14.2 Å². The number of benzene rings is 1. The number of anilines is 1. The average Bonchev–Trinajstić information content (AvgIpc) is 2.68. The topological polar surface area (TPSA) is 65.5 Å². The first-order valence-corrected chi connectivity index (χ1v) is 8.95. The molecule has 1 N–H and O–H groups in total. The van der Waals surface area contributed by atoms with Crippen LogP contribution in [0.25, 0.3) is 11.1 Å². The van der Waals surface area contributed by atoms with Crippen LogP contribution < -0.4 is 5.32 Å². The highest BCUT2D eigenvalue weighted by Crippen LogP contribution is 2.21. The fourth-order valence-electron chi connectivity index (χ4n) is 3.24. The van der Waals surface area contributed by atoms with Crippen LogP contribution in [0.5, 0.6) is 0 Å². The largest absolute Gasteiger partial charge is 0.343 e. The van der Waals surface area contributed by atoms with E-state index in [4.69, 9.17) is 0 Å². The lowest BCUT2D eigenvalue weighted by molar-refractivity contribution is -0.130. The van der Waals surface area contributed by atoms with Gasteiger partial charge in [0.25, 0.3) is 0 Å². The highest BCUT2D eigenvalue weighted by molar-refractivity contribution is 5.88. The third-order valence-electron chi connectivity index (χ3n) is 4.93. The van der Waals surface area contributed by atoms with Crippen LogP contribution in [-0.2, 0) is 4.79 Å². The summed E-state index contributed by atoms with van der Waals surface area (Å²) in [5.41, 5.74) is 1.51. The van der Waals surface area contributed by atoms with Crippen LogP contribution in [0, 0.1) is 5.82 Å². The Kier molecular flexibility index (Phi) is 5.69.